The molecule has 1 heterocycles. The van der Waals surface area contributed by atoms with E-state index in [-0.39, 0.29) is 6.03 Å². The van der Waals surface area contributed by atoms with Gasteiger partial charge in [-0.1, -0.05) is 0 Å². The first kappa shape index (κ1) is 7.25. The molecule has 10 heavy (non-hydrogen) atoms. The normalized spacial score (nSPS) is 19.2. The van der Waals surface area contributed by atoms with E-state index in [4.69, 9.17) is 0 Å². The fraction of sp³-hybridized carbons (Fsp3) is 0.714. The second kappa shape index (κ2) is 2.82. The fourth-order valence-corrected chi connectivity index (χ4v) is 0.976. The molecule has 0 aromatic carbocycles. The van der Waals surface area contributed by atoms with Gasteiger partial charge in [0, 0.05) is 25.2 Å². The number of rotatable bonds is 1. The zero-order valence-corrected chi connectivity index (χ0v) is 6.42. The van der Waals surface area contributed by atoms with E-state index in [1.165, 1.54) is 0 Å². The van der Waals surface area contributed by atoms with E-state index in [2.05, 4.69) is 4.99 Å². The van der Waals surface area contributed by atoms with E-state index in [1.807, 2.05) is 13.8 Å². The van der Waals surface area contributed by atoms with Gasteiger partial charge in [-0.2, -0.15) is 0 Å². The van der Waals surface area contributed by atoms with Gasteiger partial charge in [-0.3, -0.25) is 0 Å². The molecule has 0 N–H and O–H groups in total. The Labute approximate surface area is 60.7 Å². The average molecular weight is 140 g/mol. The number of aliphatic imine (C=N–C) groups is 1. The first-order valence-electron chi connectivity index (χ1n) is 3.57. The number of carbonyl (C=O) groups excluding carboxylic acids is 1. The minimum atomic E-state index is -0.0775. The van der Waals surface area contributed by atoms with Crippen LogP contribution in [0.25, 0.3) is 0 Å². The number of urea groups is 1. The zero-order valence-electron chi connectivity index (χ0n) is 6.42. The second-order valence-corrected chi connectivity index (χ2v) is 2.46. The lowest BCUT2D eigenvalue weighted by Gasteiger charge is -2.22. The van der Waals surface area contributed by atoms with Crippen LogP contribution in [-0.4, -0.2) is 29.7 Å². The molecular weight excluding hydrogens is 128 g/mol. The summed E-state index contributed by atoms with van der Waals surface area (Å²) in [6, 6.07) is -0.0775. The maximum Gasteiger partial charge on any atom is 0.343 e. The van der Waals surface area contributed by atoms with E-state index < -0.39 is 0 Å². The number of nitrogens with zero attached hydrogens (tertiary/aromatic N) is 2. The van der Waals surface area contributed by atoms with Gasteiger partial charge in [0.2, 0.25) is 0 Å². The lowest BCUT2D eigenvalue weighted by molar-refractivity contribution is 0.209. The molecule has 1 rings (SSSR count). The summed E-state index contributed by atoms with van der Waals surface area (Å²) in [5.74, 6) is 0. The summed E-state index contributed by atoms with van der Waals surface area (Å²) < 4.78 is 0. The van der Waals surface area contributed by atoms with E-state index in [9.17, 15) is 4.79 Å². The van der Waals surface area contributed by atoms with E-state index >= 15 is 0 Å². The topological polar surface area (TPSA) is 32.7 Å². The second-order valence-electron chi connectivity index (χ2n) is 2.46. The summed E-state index contributed by atoms with van der Waals surface area (Å²) >= 11 is 0. The monoisotopic (exact) mass is 140 g/mol. The van der Waals surface area contributed by atoms with Gasteiger partial charge in [0.15, 0.2) is 0 Å². The molecule has 0 atom stereocenters. The lowest BCUT2D eigenvalue weighted by Crippen LogP contribution is -2.34. The Morgan fingerprint density at radius 2 is 2.40 bits per heavy atom. The van der Waals surface area contributed by atoms with Crippen molar-refractivity contribution in [3.63, 3.8) is 0 Å². The third kappa shape index (κ3) is 1.35. The Morgan fingerprint density at radius 1 is 1.70 bits per heavy atom. The Morgan fingerprint density at radius 3 is 2.90 bits per heavy atom. The van der Waals surface area contributed by atoms with Crippen molar-refractivity contribution in [2.75, 3.05) is 13.1 Å². The highest BCUT2D eigenvalue weighted by Crippen LogP contribution is 2.03. The van der Waals surface area contributed by atoms with Crippen molar-refractivity contribution in [2.45, 2.75) is 20.3 Å². The van der Waals surface area contributed by atoms with Gasteiger partial charge >= 0.3 is 6.03 Å². The summed E-state index contributed by atoms with van der Waals surface area (Å²) in [4.78, 5) is 16.6. The number of carbonyl (C=O) groups is 1. The van der Waals surface area contributed by atoms with Crippen molar-refractivity contribution < 1.29 is 4.79 Å². The molecule has 0 aromatic rings. The van der Waals surface area contributed by atoms with Crippen LogP contribution in [0, 0.1) is 0 Å². The largest absolute Gasteiger partial charge is 0.343 e. The van der Waals surface area contributed by atoms with Crippen LogP contribution in [0.15, 0.2) is 4.99 Å². The van der Waals surface area contributed by atoms with Crippen molar-refractivity contribution in [1.82, 2.24) is 4.90 Å². The minimum absolute atomic E-state index is 0.0775. The molecule has 0 radical (unpaired) electrons. The summed E-state index contributed by atoms with van der Waals surface area (Å²) in [6.45, 7) is 5.47. The molecule has 56 valence electrons. The SMILES string of the molecule is CCN1CCC(C)=NC1=O. The first-order chi connectivity index (χ1) is 4.74. The van der Waals surface area contributed by atoms with Crippen LogP contribution >= 0.6 is 0 Å². The number of hydrogen-bond donors (Lipinski definition) is 0. The molecule has 3 nitrogen and oxygen atoms in total. The van der Waals surface area contributed by atoms with E-state index in [1.54, 1.807) is 4.90 Å². The standard InChI is InChI=1S/C7H12N2O/c1-3-9-5-4-6(2)8-7(9)10/h3-5H2,1-2H3. The van der Waals surface area contributed by atoms with Gasteiger partial charge in [-0.05, 0) is 13.8 Å². The summed E-state index contributed by atoms with van der Waals surface area (Å²) in [5.41, 5.74) is 0.953. The fourth-order valence-electron chi connectivity index (χ4n) is 0.976. The number of hydrogen-bond acceptors (Lipinski definition) is 1. The molecule has 0 spiro atoms. The molecule has 1 aliphatic rings. The highest BCUT2D eigenvalue weighted by Gasteiger charge is 2.14. The van der Waals surface area contributed by atoms with Gasteiger partial charge in [-0.15, -0.1) is 0 Å². The quantitative estimate of drug-likeness (QED) is 0.540. The Bertz CT molecular complexity index is 174. The Hall–Kier alpha value is -0.860. The van der Waals surface area contributed by atoms with Crippen molar-refractivity contribution in [3.8, 4) is 0 Å². The molecule has 1 aliphatic heterocycles. The predicted octanol–water partition coefficient (Wildman–Crippen LogP) is 1.29. The average Bonchev–Trinajstić information content (AvgIpc) is 1.88. The lowest BCUT2D eigenvalue weighted by atomic mass is 10.2. The highest BCUT2D eigenvalue weighted by atomic mass is 16.2. The summed E-state index contributed by atoms with van der Waals surface area (Å²) in [6.07, 6.45) is 0.930. The van der Waals surface area contributed by atoms with Crippen LogP contribution in [-0.2, 0) is 0 Å². The van der Waals surface area contributed by atoms with Crippen LogP contribution in [0.1, 0.15) is 20.3 Å². The highest BCUT2D eigenvalue weighted by molar-refractivity contribution is 5.95. The van der Waals surface area contributed by atoms with Crippen LogP contribution < -0.4 is 0 Å². The van der Waals surface area contributed by atoms with Crippen molar-refractivity contribution in [1.29, 1.82) is 0 Å². The van der Waals surface area contributed by atoms with Gasteiger partial charge < -0.3 is 4.90 Å². The van der Waals surface area contributed by atoms with Gasteiger partial charge in [-0.25, -0.2) is 9.79 Å². The summed E-state index contributed by atoms with van der Waals surface area (Å²) in [7, 11) is 0. The minimum Gasteiger partial charge on any atom is -0.323 e. The molecule has 0 unspecified atom stereocenters. The van der Waals surface area contributed by atoms with Crippen molar-refractivity contribution >= 4 is 11.7 Å². The van der Waals surface area contributed by atoms with Crippen LogP contribution in [0.4, 0.5) is 4.79 Å². The van der Waals surface area contributed by atoms with Gasteiger partial charge in [0.05, 0.1) is 0 Å². The molecule has 3 heteroatoms. The van der Waals surface area contributed by atoms with Gasteiger partial charge in [0.1, 0.15) is 0 Å². The molecule has 0 saturated carbocycles. The van der Waals surface area contributed by atoms with Crippen LogP contribution in [0.3, 0.4) is 0 Å². The third-order valence-electron chi connectivity index (χ3n) is 1.68. The zero-order chi connectivity index (χ0) is 7.56. The van der Waals surface area contributed by atoms with Crippen molar-refractivity contribution in [3.05, 3.63) is 0 Å². The maximum absolute atomic E-state index is 11.0. The number of amides is 2. The molecule has 0 bridgehead atoms. The Balaban J connectivity index is 2.64. The molecule has 0 fully saturated rings. The van der Waals surface area contributed by atoms with E-state index in [0.717, 1.165) is 25.2 Å². The van der Waals surface area contributed by atoms with Crippen LogP contribution in [0.2, 0.25) is 0 Å². The van der Waals surface area contributed by atoms with E-state index in [0.29, 0.717) is 0 Å². The molecule has 0 aliphatic carbocycles. The molecule has 0 aromatic heterocycles. The third-order valence-corrected chi connectivity index (χ3v) is 1.68. The van der Waals surface area contributed by atoms with Crippen molar-refractivity contribution in [2.24, 2.45) is 4.99 Å². The van der Waals surface area contributed by atoms with Gasteiger partial charge in [0.25, 0.3) is 0 Å². The summed E-state index contributed by atoms with van der Waals surface area (Å²) in [5, 5.41) is 0. The molecular formula is C7H12N2O. The van der Waals surface area contributed by atoms with Crippen LogP contribution in [0.5, 0.6) is 0 Å². The predicted molar refractivity (Wildman–Crippen MR) is 40.4 cm³/mol. The smallest absolute Gasteiger partial charge is 0.323 e. The Kier molecular flexibility index (Phi) is 2.04. The molecule has 2 amide bonds. The molecule has 0 saturated heterocycles. The maximum atomic E-state index is 11.0. The first-order valence-corrected chi connectivity index (χ1v) is 3.57.